The van der Waals surface area contributed by atoms with E-state index in [0.29, 0.717) is 63.4 Å². The number of morpholine rings is 1. The second-order valence-corrected chi connectivity index (χ2v) is 9.00. The molecule has 0 bridgehead atoms. The highest BCUT2D eigenvalue weighted by Gasteiger charge is 2.33. The van der Waals surface area contributed by atoms with Crippen LogP contribution in [0.15, 0.2) is 29.3 Å². The molecule has 2 aromatic rings. The molecule has 0 amide bonds. The minimum Gasteiger partial charge on any atom is -0.395 e. The topological polar surface area (TPSA) is 108 Å². The summed E-state index contributed by atoms with van der Waals surface area (Å²) in [6.07, 6.45) is 1.44. The van der Waals surface area contributed by atoms with Gasteiger partial charge in [0.05, 0.1) is 43.6 Å². The predicted octanol–water partition coefficient (Wildman–Crippen LogP) is -0.912. The van der Waals surface area contributed by atoms with Gasteiger partial charge < -0.3 is 14.7 Å². The van der Waals surface area contributed by atoms with Gasteiger partial charge >= 0.3 is 0 Å². The molecule has 1 aromatic heterocycles. The van der Waals surface area contributed by atoms with Gasteiger partial charge in [0.25, 0.3) is 15.8 Å². The van der Waals surface area contributed by atoms with Crippen LogP contribution in [-0.4, -0.2) is 90.8 Å². The minimum absolute atomic E-state index is 0.122. The lowest BCUT2D eigenvalue weighted by Gasteiger charge is -2.38. The van der Waals surface area contributed by atoms with E-state index >= 15 is 0 Å². The van der Waals surface area contributed by atoms with Crippen molar-refractivity contribution in [3.63, 3.8) is 0 Å². The van der Waals surface area contributed by atoms with Crippen LogP contribution in [0.3, 0.4) is 0 Å². The number of rotatable bonds is 5. The lowest BCUT2D eigenvalue weighted by molar-refractivity contribution is 0.0700. The Labute approximate surface area is 169 Å². The molecule has 1 aromatic carbocycles. The molecule has 2 fully saturated rings. The molecule has 4 rings (SSSR count). The number of ether oxygens (including phenoxy) is 1. The van der Waals surface area contributed by atoms with Gasteiger partial charge in [-0.25, -0.2) is 4.98 Å². The van der Waals surface area contributed by atoms with Crippen LogP contribution in [0.25, 0.3) is 10.9 Å². The average Bonchev–Trinajstić information content (AvgIpc) is 2.76. The smallest absolute Gasteiger partial charge is 0.282 e. The van der Waals surface area contributed by atoms with Crippen molar-refractivity contribution in [2.75, 3.05) is 64.0 Å². The van der Waals surface area contributed by atoms with Crippen molar-refractivity contribution in [3.8, 4) is 0 Å². The summed E-state index contributed by atoms with van der Waals surface area (Å²) in [5, 5.41) is 9.54. The van der Waals surface area contributed by atoms with E-state index in [-0.39, 0.29) is 18.7 Å². The van der Waals surface area contributed by atoms with Crippen molar-refractivity contribution in [3.05, 3.63) is 34.9 Å². The van der Waals surface area contributed by atoms with Gasteiger partial charge in [-0.1, -0.05) is 0 Å². The van der Waals surface area contributed by atoms with Crippen molar-refractivity contribution in [1.82, 2.24) is 18.2 Å². The zero-order valence-corrected chi connectivity index (χ0v) is 16.9. The molecule has 11 heteroatoms. The van der Waals surface area contributed by atoms with Crippen LogP contribution in [0.4, 0.5) is 5.69 Å². The molecule has 3 heterocycles. The molecular formula is C18H25N5O5S. The Balaban J connectivity index is 1.47. The number of hydrogen-bond acceptors (Lipinski definition) is 7. The highest BCUT2D eigenvalue weighted by Crippen LogP contribution is 2.22. The molecule has 0 saturated carbocycles. The van der Waals surface area contributed by atoms with Gasteiger partial charge in [0.1, 0.15) is 0 Å². The second-order valence-electron chi connectivity index (χ2n) is 7.07. The number of fused-ring (bicyclic) bond motifs is 1. The number of aliphatic hydroxyl groups excluding tert-OH is 1. The first-order valence-corrected chi connectivity index (χ1v) is 11.1. The fourth-order valence-corrected chi connectivity index (χ4v) is 5.29. The van der Waals surface area contributed by atoms with Crippen LogP contribution >= 0.6 is 0 Å². The molecule has 1 N–H and O–H groups in total. The van der Waals surface area contributed by atoms with Crippen molar-refractivity contribution < 1.29 is 18.3 Å². The molecule has 2 saturated heterocycles. The Kier molecular flexibility index (Phi) is 5.83. The average molecular weight is 423 g/mol. The first-order valence-electron chi connectivity index (χ1n) is 9.69. The largest absolute Gasteiger partial charge is 0.395 e. The molecule has 0 unspecified atom stereocenters. The predicted molar refractivity (Wildman–Crippen MR) is 108 cm³/mol. The third kappa shape index (κ3) is 4.01. The van der Waals surface area contributed by atoms with E-state index in [1.165, 1.54) is 19.5 Å². The van der Waals surface area contributed by atoms with Crippen LogP contribution in [0.2, 0.25) is 0 Å². The summed E-state index contributed by atoms with van der Waals surface area (Å²) >= 11 is 0. The molecule has 10 nitrogen and oxygen atoms in total. The van der Waals surface area contributed by atoms with E-state index in [4.69, 9.17) is 9.84 Å². The number of anilines is 1. The maximum Gasteiger partial charge on any atom is 0.282 e. The Morgan fingerprint density at radius 2 is 1.72 bits per heavy atom. The van der Waals surface area contributed by atoms with E-state index in [0.717, 1.165) is 5.69 Å². The van der Waals surface area contributed by atoms with Crippen molar-refractivity contribution in [2.24, 2.45) is 0 Å². The molecule has 0 aliphatic carbocycles. The van der Waals surface area contributed by atoms with Gasteiger partial charge in [-0.3, -0.25) is 9.36 Å². The van der Waals surface area contributed by atoms with Crippen molar-refractivity contribution >= 4 is 26.8 Å². The fraction of sp³-hybridized carbons (Fsp3) is 0.556. The number of nitrogens with zero attached hydrogens (tertiary/aromatic N) is 5. The summed E-state index contributed by atoms with van der Waals surface area (Å²) in [4.78, 5) is 18.9. The SMILES string of the molecule is O=c1c2ccc(N3CCN(S(=O)(=O)N4CCOCC4)CC3)cc2ncn1CCO. The number of hydrogen-bond donors (Lipinski definition) is 1. The van der Waals surface area contributed by atoms with Crippen LogP contribution in [-0.2, 0) is 21.5 Å². The van der Waals surface area contributed by atoms with Crippen molar-refractivity contribution in [2.45, 2.75) is 6.54 Å². The van der Waals surface area contributed by atoms with E-state index < -0.39 is 10.2 Å². The van der Waals surface area contributed by atoms with Gasteiger partial charge in [-0.15, -0.1) is 0 Å². The molecule has 0 atom stereocenters. The highest BCUT2D eigenvalue weighted by atomic mass is 32.2. The van der Waals surface area contributed by atoms with E-state index in [2.05, 4.69) is 9.88 Å². The van der Waals surface area contributed by atoms with E-state index in [1.54, 1.807) is 6.07 Å². The summed E-state index contributed by atoms with van der Waals surface area (Å²) < 4.78 is 35.2. The Bertz CT molecular complexity index is 1030. The monoisotopic (exact) mass is 423 g/mol. The summed E-state index contributed by atoms with van der Waals surface area (Å²) in [6, 6.07) is 5.46. The maximum absolute atomic E-state index is 12.8. The standard InChI is InChI=1S/C18H25N5O5S/c24-10-7-21-14-19-17-13-15(1-2-16(17)18(21)25)20-3-5-22(6-4-20)29(26,27)23-8-11-28-12-9-23/h1-2,13-14,24H,3-12H2. The molecule has 2 aliphatic rings. The van der Waals surface area contributed by atoms with Gasteiger partial charge in [-0.05, 0) is 18.2 Å². The molecule has 2 aliphatic heterocycles. The summed E-state index contributed by atoms with van der Waals surface area (Å²) in [5.41, 5.74) is 1.31. The van der Waals surface area contributed by atoms with Gasteiger partial charge in [0.2, 0.25) is 0 Å². The van der Waals surface area contributed by atoms with Gasteiger partial charge in [0, 0.05) is 45.0 Å². The van der Waals surface area contributed by atoms with Crippen LogP contribution in [0.1, 0.15) is 0 Å². The first kappa shape index (κ1) is 20.2. The van der Waals surface area contributed by atoms with Crippen LogP contribution in [0.5, 0.6) is 0 Å². The third-order valence-electron chi connectivity index (χ3n) is 5.38. The zero-order chi connectivity index (χ0) is 20.4. The second kappa shape index (κ2) is 8.36. The van der Waals surface area contributed by atoms with Crippen LogP contribution < -0.4 is 10.5 Å². The molecule has 0 spiro atoms. The number of aliphatic hydroxyl groups is 1. The quantitative estimate of drug-likeness (QED) is 0.663. The molecular weight excluding hydrogens is 398 g/mol. The van der Waals surface area contributed by atoms with Gasteiger partial charge in [0.15, 0.2) is 0 Å². The Morgan fingerprint density at radius 3 is 2.41 bits per heavy atom. The lowest BCUT2D eigenvalue weighted by Crippen LogP contribution is -2.55. The summed E-state index contributed by atoms with van der Waals surface area (Å²) in [5.74, 6) is 0. The number of piperazine rings is 1. The lowest BCUT2D eigenvalue weighted by atomic mass is 10.2. The number of benzene rings is 1. The third-order valence-corrected chi connectivity index (χ3v) is 7.41. The summed E-state index contributed by atoms with van der Waals surface area (Å²) in [7, 11) is -3.46. The Hall–Kier alpha value is -2.05. The zero-order valence-electron chi connectivity index (χ0n) is 16.1. The fourth-order valence-electron chi connectivity index (χ4n) is 3.73. The molecule has 29 heavy (non-hydrogen) atoms. The summed E-state index contributed by atoms with van der Waals surface area (Å²) in [6.45, 7) is 3.69. The molecule has 158 valence electrons. The van der Waals surface area contributed by atoms with E-state index in [1.807, 2.05) is 12.1 Å². The Morgan fingerprint density at radius 1 is 1.03 bits per heavy atom. The number of aromatic nitrogens is 2. The van der Waals surface area contributed by atoms with Crippen molar-refractivity contribution in [1.29, 1.82) is 0 Å². The highest BCUT2D eigenvalue weighted by molar-refractivity contribution is 7.86. The van der Waals surface area contributed by atoms with Gasteiger partial charge in [-0.2, -0.15) is 17.0 Å². The molecule has 0 radical (unpaired) electrons. The first-order chi connectivity index (χ1) is 14.0. The maximum atomic E-state index is 12.8. The van der Waals surface area contributed by atoms with E-state index in [9.17, 15) is 13.2 Å². The normalized spacial score (nSPS) is 19.7. The van der Waals surface area contributed by atoms with Crippen LogP contribution in [0, 0.1) is 0 Å². The minimum atomic E-state index is -3.46.